The lowest BCUT2D eigenvalue weighted by molar-refractivity contribution is 0.00712. The topological polar surface area (TPSA) is 77.0 Å². The third-order valence-corrected chi connectivity index (χ3v) is 6.09. The second-order valence-corrected chi connectivity index (χ2v) is 9.47. The summed E-state index contributed by atoms with van der Waals surface area (Å²) < 4.78 is 17.2. The van der Waals surface area contributed by atoms with Crippen molar-refractivity contribution in [1.82, 2.24) is 5.32 Å². The summed E-state index contributed by atoms with van der Waals surface area (Å²) in [6.45, 7) is 7.15. The predicted octanol–water partition coefficient (Wildman–Crippen LogP) is 4.53. The van der Waals surface area contributed by atoms with Crippen molar-refractivity contribution in [2.24, 2.45) is 0 Å². The Morgan fingerprint density at radius 3 is 2.70 bits per heavy atom. The summed E-state index contributed by atoms with van der Waals surface area (Å²) in [5.74, 6) is 0.501. The highest BCUT2D eigenvalue weighted by atomic mass is 35.5. The van der Waals surface area contributed by atoms with Crippen molar-refractivity contribution in [2.75, 3.05) is 26.3 Å². The van der Waals surface area contributed by atoms with Gasteiger partial charge in [0.2, 0.25) is 0 Å². The lowest BCUT2D eigenvalue weighted by atomic mass is 10.1. The third kappa shape index (κ3) is 5.88. The number of benzene rings is 1. The fourth-order valence-electron chi connectivity index (χ4n) is 3.13. The molecular formula is C22H28ClNO5S. The standard InChI is InChI=1S/C22H28ClNO5S/c1-22(2,3)29-21(26)20-18(27-12-11-25)17(23)19(30-20)14-5-4-6-16(13-14)28-15-7-9-24-10-8-15/h4-6,13,15,24-25H,7-12H2,1-3H3. The van der Waals surface area contributed by atoms with Gasteiger partial charge in [-0.05, 0) is 64.4 Å². The molecule has 0 saturated carbocycles. The van der Waals surface area contributed by atoms with Gasteiger partial charge in [0.25, 0.3) is 0 Å². The summed E-state index contributed by atoms with van der Waals surface area (Å²) in [4.78, 5) is 13.7. The molecule has 0 radical (unpaired) electrons. The van der Waals surface area contributed by atoms with Gasteiger partial charge in [-0.3, -0.25) is 0 Å². The van der Waals surface area contributed by atoms with Gasteiger partial charge in [0, 0.05) is 0 Å². The smallest absolute Gasteiger partial charge is 0.352 e. The summed E-state index contributed by atoms with van der Waals surface area (Å²) in [5.41, 5.74) is 0.185. The fourth-order valence-corrected chi connectivity index (χ4v) is 4.57. The molecule has 1 aliphatic rings. The summed E-state index contributed by atoms with van der Waals surface area (Å²) >= 11 is 7.82. The molecule has 8 heteroatoms. The normalized spacial score (nSPS) is 15.1. The van der Waals surface area contributed by atoms with Gasteiger partial charge < -0.3 is 24.6 Å². The molecule has 164 valence electrons. The number of aliphatic hydroxyl groups is 1. The molecule has 2 aromatic rings. The van der Waals surface area contributed by atoms with E-state index in [-0.39, 0.29) is 29.9 Å². The van der Waals surface area contributed by atoms with Gasteiger partial charge in [-0.2, -0.15) is 0 Å². The van der Waals surface area contributed by atoms with E-state index < -0.39 is 11.6 Å². The summed E-state index contributed by atoms with van der Waals surface area (Å²) in [5, 5.41) is 12.8. The number of ether oxygens (including phenoxy) is 3. The van der Waals surface area contributed by atoms with E-state index in [1.807, 2.05) is 24.3 Å². The van der Waals surface area contributed by atoms with Crippen LogP contribution in [0.25, 0.3) is 10.4 Å². The molecule has 1 saturated heterocycles. The first kappa shape index (κ1) is 22.9. The van der Waals surface area contributed by atoms with E-state index in [4.69, 9.17) is 30.9 Å². The van der Waals surface area contributed by atoms with E-state index in [0.717, 1.165) is 37.2 Å². The van der Waals surface area contributed by atoms with Gasteiger partial charge in [-0.1, -0.05) is 23.7 Å². The molecule has 1 aromatic heterocycles. The van der Waals surface area contributed by atoms with Crippen molar-refractivity contribution in [1.29, 1.82) is 0 Å². The Morgan fingerprint density at radius 1 is 1.30 bits per heavy atom. The van der Waals surface area contributed by atoms with E-state index in [1.54, 1.807) is 20.8 Å². The number of thiophene rings is 1. The lowest BCUT2D eigenvalue weighted by Crippen LogP contribution is -2.34. The van der Waals surface area contributed by atoms with Crippen LogP contribution in [0.5, 0.6) is 11.5 Å². The van der Waals surface area contributed by atoms with Gasteiger partial charge in [-0.15, -0.1) is 11.3 Å². The van der Waals surface area contributed by atoms with Crippen LogP contribution in [0.15, 0.2) is 24.3 Å². The number of aliphatic hydroxyl groups excluding tert-OH is 1. The number of carbonyl (C=O) groups excluding carboxylic acids is 1. The van der Waals surface area contributed by atoms with Crippen molar-refractivity contribution in [3.05, 3.63) is 34.2 Å². The van der Waals surface area contributed by atoms with Gasteiger partial charge in [0.15, 0.2) is 10.6 Å². The average molecular weight is 454 g/mol. The van der Waals surface area contributed by atoms with Crippen molar-refractivity contribution < 1.29 is 24.1 Å². The zero-order valence-electron chi connectivity index (χ0n) is 17.5. The molecule has 2 heterocycles. The van der Waals surface area contributed by atoms with E-state index in [9.17, 15) is 4.79 Å². The minimum atomic E-state index is -0.648. The van der Waals surface area contributed by atoms with Crippen LogP contribution in [0, 0.1) is 0 Å². The molecule has 1 aliphatic heterocycles. The molecule has 0 unspecified atom stereocenters. The molecule has 0 aliphatic carbocycles. The van der Waals surface area contributed by atoms with E-state index in [0.29, 0.717) is 9.90 Å². The maximum absolute atomic E-state index is 12.7. The average Bonchev–Trinajstić information content (AvgIpc) is 3.02. The van der Waals surface area contributed by atoms with Gasteiger partial charge in [0.05, 0.1) is 11.5 Å². The molecule has 1 fully saturated rings. The highest BCUT2D eigenvalue weighted by Crippen LogP contribution is 2.46. The van der Waals surface area contributed by atoms with Crippen LogP contribution in [0.1, 0.15) is 43.3 Å². The Morgan fingerprint density at radius 2 is 2.03 bits per heavy atom. The van der Waals surface area contributed by atoms with Crippen LogP contribution in [0.4, 0.5) is 0 Å². The second kappa shape index (κ2) is 10.0. The number of hydrogen-bond acceptors (Lipinski definition) is 7. The molecule has 0 atom stereocenters. The summed E-state index contributed by atoms with van der Waals surface area (Å²) in [6, 6.07) is 7.67. The minimum absolute atomic E-state index is 0.0323. The maximum atomic E-state index is 12.7. The zero-order chi connectivity index (χ0) is 21.7. The first-order valence-electron chi connectivity index (χ1n) is 10.1. The van der Waals surface area contributed by atoms with Crippen LogP contribution < -0.4 is 14.8 Å². The number of carbonyl (C=O) groups is 1. The largest absolute Gasteiger partial charge is 0.490 e. The van der Waals surface area contributed by atoms with E-state index in [1.165, 1.54) is 11.3 Å². The first-order chi connectivity index (χ1) is 14.3. The van der Waals surface area contributed by atoms with Crippen LogP contribution in [0.2, 0.25) is 5.02 Å². The number of esters is 1. The Balaban J connectivity index is 1.91. The second-order valence-electron chi connectivity index (χ2n) is 8.07. The lowest BCUT2D eigenvalue weighted by Gasteiger charge is -2.24. The number of piperidine rings is 1. The SMILES string of the molecule is CC(C)(C)OC(=O)c1sc(-c2cccc(OC3CCNCC3)c2)c(Cl)c1OCCO. The Hall–Kier alpha value is -1.80. The molecule has 30 heavy (non-hydrogen) atoms. The molecular weight excluding hydrogens is 426 g/mol. The van der Waals surface area contributed by atoms with E-state index in [2.05, 4.69) is 5.32 Å². The molecule has 6 nitrogen and oxygen atoms in total. The molecule has 0 bridgehead atoms. The maximum Gasteiger partial charge on any atom is 0.352 e. The third-order valence-electron chi connectivity index (χ3n) is 4.42. The number of halogens is 1. The molecule has 0 spiro atoms. The van der Waals surface area contributed by atoms with Crippen LogP contribution in [-0.2, 0) is 4.74 Å². The highest BCUT2D eigenvalue weighted by molar-refractivity contribution is 7.18. The Bertz CT molecular complexity index is 871. The summed E-state index contributed by atoms with van der Waals surface area (Å²) in [7, 11) is 0. The molecule has 0 amide bonds. The molecule has 3 rings (SSSR count). The minimum Gasteiger partial charge on any atom is -0.490 e. The fraction of sp³-hybridized carbons (Fsp3) is 0.500. The monoisotopic (exact) mass is 453 g/mol. The van der Waals surface area contributed by atoms with E-state index >= 15 is 0 Å². The Labute approximate surface area is 186 Å². The van der Waals surface area contributed by atoms with Crippen LogP contribution in [0.3, 0.4) is 0 Å². The summed E-state index contributed by atoms with van der Waals surface area (Å²) in [6.07, 6.45) is 2.11. The van der Waals surface area contributed by atoms with Crippen molar-refractivity contribution in [3.63, 3.8) is 0 Å². The van der Waals surface area contributed by atoms with Crippen LogP contribution in [-0.4, -0.2) is 49.1 Å². The predicted molar refractivity (Wildman–Crippen MR) is 119 cm³/mol. The quantitative estimate of drug-likeness (QED) is 0.600. The number of rotatable bonds is 7. The van der Waals surface area contributed by atoms with Crippen molar-refractivity contribution in [3.8, 4) is 21.9 Å². The van der Waals surface area contributed by atoms with Gasteiger partial charge in [0.1, 0.15) is 29.1 Å². The molecule has 1 aromatic carbocycles. The Kier molecular flexibility index (Phi) is 7.63. The van der Waals surface area contributed by atoms with Crippen molar-refractivity contribution >= 4 is 28.9 Å². The number of hydrogen-bond donors (Lipinski definition) is 2. The zero-order valence-corrected chi connectivity index (χ0v) is 19.1. The van der Waals surface area contributed by atoms with Gasteiger partial charge in [-0.25, -0.2) is 4.79 Å². The highest BCUT2D eigenvalue weighted by Gasteiger charge is 2.28. The first-order valence-corrected chi connectivity index (χ1v) is 11.2. The van der Waals surface area contributed by atoms with Crippen LogP contribution >= 0.6 is 22.9 Å². The van der Waals surface area contributed by atoms with Crippen molar-refractivity contribution in [2.45, 2.75) is 45.3 Å². The van der Waals surface area contributed by atoms with Gasteiger partial charge >= 0.3 is 5.97 Å². The molecule has 2 N–H and O–H groups in total. The number of nitrogens with one attached hydrogen (secondary N) is 1.